The maximum atomic E-state index is 13.2. The summed E-state index contributed by atoms with van der Waals surface area (Å²) in [5, 5.41) is 9.18. The number of nitrogens with zero attached hydrogens (tertiary/aromatic N) is 3. The molecule has 2 heterocycles. The molecule has 6 nitrogen and oxygen atoms in total. The number of hydrogen-bond donors (Lipinski definition) is 1. The SMILES string of the molecule is C=CCn1nc(C(=O)N2CCOCC2)c2c1CC[C@@H](NCCc1ccccc1Cl)C2. The van der Waals surface area contributed by atoms with Gasteiger partial charge >= 0.3 is 0 Å². The van der Waals surface area contributed by atoms with Gasteiger partial charge in [-0.15, -0.1) is 6.58 Å². The Morgan fingerprint density at radius 3 is 2.90 bits per heavy atom. The van der Waals surface area contributed by atoms with E-state index in [9.17, 15) is 4.79 Å². The third kappa shape index (κ3) is 4.61. The van der Waals surface area contributed by atoms with Crippen molar-refractivity contribution >= 4 is 17.5 Å². The van der Waals surface area contributed by atoms with E-state index in [1.165, 1.54) is 5.69 Å². The number of fused-ring (bicyclic) bond motifs is 1. The number of carbonyl (C=O) groups excluding carboxylic acids is 1. The van der Waals surface area contributed by atoms with Crippen molar-refractivity contribution in [3.63, 3.8) is 0 Å². The first-order chi connectivity index (χ1) is 14.7. The number of rotatable bonds is 7. The van der Waals surface area contributed by atoms with Gasteiger partial charge in [0.2, 0.25) is 0 Å². The molecule has 160 valence electrons. The van der Waals surface area contributed by atoms with Gasteiger partial charge < -0.3 is 15.0 Å². The molecule has 0 radical (unpaired) electrons. The van der Waals surface area contributed by atoms with E-state index in [-0.39, 0.29) is 5.91 Å². The summed E-state index contributed by atoms with van der Waals surface area (Å²) in [6.45, 7) is 7.77. The molecular weight excluding hydrogens is 400 g/mol. The molecule has 1 amide bonds. The Morgan fingerprint density at radius 1 is 1.33 bits per heavy atom. The van der Waals surface area contributed by atoms with Crippen LogP contribution in [0.15, 0.2) is 36.9 Å². The smallest absolute Gasteiger partial charge is 0.274 e. The lowest BCUT2D eigenvalue weighted by atomic mass is 9.91. The number of carbonyl (C=O) groups is 1. The van der Waals surface area contributed by atoms with Crippen LogP contribution in [0.4, 0.5) is 0 Å². The highest BCUT2D eigenvalue weighted by Gasteiger charge is 2.31. The lowest BCUT2D eigenvalue weighted by Crippen LogP contribution is -2.42. The Morgan fingerprint density at radius 2 is 2.13 bits per heavy atom. The van der Waals surface area contributed by atoms with Crippen LogP contribution in [0.1, 0.15) is 33.7 Å². The quantitative estimate of drug-likeness (QED) is 0.689. The third-order valence-corrected chi connectivity index (χ3v) is 6.30. The fourth-order valence-electron chi connectivity index (χ4n) is 4.34. The van der Waals surface area contributed by atoms with Crippen molar-refractivity contribution in [2.75, 3.05) is 32.8 Å². The summed E-state index contributed by atoms with van der Waals surface area (Å²) in [4.78, 5) is 15.0. The maximum absolute atomic E-state index is 13.2. The average Bonchev–Trinajstić information content (AvgIpc) is 3.13. The summed E-state index contributed by atoms with van der Waals surface area (Å²) in [7, 11) is 0. The summed E-state index contributed by atoms with van der Waals surface area (Å²) >= 11 is 6.28. The second-order valence-electron chi connectivity index (χ2n) is 7.88. The zero-order valence-corrected chi connectivity index (χ0v) is 18.0. The van der Waals surface area contributed by atoms with E-state index < -0.39 is 0 Å². The molecule has 1 atom stereocenters. The maximum Gasteiger partial charge on any atom is 0.274 e. The van der Waals surface area contributed by atoms with E-state index >= 15 is 0 Å². The lowest BCUT2D eigenvalue weighted by molar-refractivity contribution is 0.0297. The molecule has 30 heavy (non-hydrogen) atoms. The van der Waals surface area contributed by atoms with Crippen molar-refractivity contribution in [1.82, 2.24) is 20.0 Å². The second-order valence-corrected chi connectivity index (χ2v) is 8.29. The monoisotopic (exact) mass is 428 g/mol. The highest BCUT2D eigenvalue weighted by molar-refractivity contribution is 6.31. The largest absolute Gasteiger partial charge is 0.378 e. The van der Waals surface area contributed by atoms with E-state index in [0.717, 1.165) is 48.4 Å². The summed E-state index contributed by atoms with van der Waals surface area (Å²) in [5.41, 5.74) is 4.03. The third-order valence-electron chi connectivity index (χ3n) is 5.93. The van der Waals surface area contributed by atoms with Gasteiger partial charge in [-0.25, -0.2) is 0 Å². The number of benzene rings is 1. The highest BCUT2D eigenvalue weighted by Crippen LogP contribution is 2.26. The Balaban J connectivity index is 1.46. The Bertz CT molecular complexity index is 905. The summed E-state index contributed by atoms with van der Waals surface area (Å²) in [6, 6.07) is 8.31. The summed E-state index contributed by atoms with van der Waals surface area (Å²) < 4.78 is 7.35. The van der Waals surface area contributed by atoms with Gasteiger partial charge in [0.25, 0.3) is 5.91 Å². The second kappa shape index (κ2) is 9.77. The number of hydrogen-bond acceptors (Lipinski definition) is 4. The molecule has 1 aromatic carbocycles. The number of amides is 1. The number of ether oxygens (including phenoxy) is 1. The van der Waals surface area contributed by atoms with Gasteiger partial charge in [-0.3, -0.25) is 9.48 Å². The van der Waals surface area contributed by atoms with E-state index in [0.29, 0.717) is 44.6 Å². The molecule has 1 fully saturated rings. The van der Waals surface area contributed by atoms with Gasteiger partial charge in [-0.1, -0.05) is 35.9 Å². The average molecular weight is 429 g/mol. The van der Waals surface area contributed by atoms with Crippen LogP contribution in [0.5, 0.6) is 0 Å². The highest BCUT2D eigenvalue weighted by atomic mass is 35.5. The summed E-state index contributed by atoms with van der Waals surface area (Å²) in [6.07, 6.45) is 5.49. The number of nitrogens with one attached hydrogen (secondary N) is 1. The van der Waals surface area contributed by atoms with Gasteiger partial charge in [0, 0.05) is 35.4 Å². The van der Waals surface area contributed by atoms with Gasteiger partial charge in [0.1, 0.15) is 0 Å². The number of morpholine rings is 1. The van der Waals surface area contributed by atoms with Crippen LogP contribution in [0, 0.1) is 0 Å². The molecule has 7 heteroatoms. The zero-order chi connectivity index (χ0) is 20.9. The first kappa shape index (κ1) is 21.1. The van der Waals surface area contributed by atoms with Crippen LogP contribution in [0.25, 0.3) is 0 Å². The number of aromatic nitrogens is 2. The molecule has 2 aromatic rings. The number of halogens is 1. The lowest BCUT2D eigenvalue weighted by Gasteiger charge is -2.28. The van der Waals surface area contributed by atoms with Crippen LogP contribution >= 0.6 is 11.6 Å². The van der Waals surface area contributed by atoms with Crippen LogP contribution in [-0.2, 0) is 30.5 Å². The van der Waals surface area contributed by atoms with Crippen molar-refractivity contribution in [2.24, 2.45) is 0 Å². The van der Waals surface area contributed by atoms with Crippen LogP contribution in [0.3, 0.4) is 0 Å². The molecule has 1 N–H and O–H groups in total. The molecular formula is C23H29ClN4O2. The van der Waals surface area contributed by atoms with Crippen molar-refractivity contribution in [3.8, 4) is 0 Å². The molecule has 0 bridgehead atoms. The van der Waals surface area contributed by atoms with Gasteiger partial charge in [-0.05, 0) is 43.9 Å². The molecule has 1 aliphatic carbocycles. The molecule has 1 aliphatic heterocycles. The minimum absolute atomic E-state index is 0.0223. The van der Waals surface area contributed by atoms with E-state index in [4.69, 9.17) is 21.4 Å². The predicted molar refractivity (Wildman–Crippen MR) is 118 cm³/mol. The van der Waals surface area contributed by atoms with Crippen LogP contribution < -0.4 is 5.32 Å². The Labute approximate surface area is 182 Å². The molecule has 1 aromatic heterocycles. The van der Waals surface area contributed by atoms with Crippen molar-refractivity contribution < 1.29 is 9.53 Å². The fourth-order valence-corrected chi connectivity index (χ4v) is 4.57. The topological polar surface area (TPSA) is 59.4 Å². The van der Waals surface area contributed by atoms with Crippen LogP contribution in [0.2, 0.25) is 5.02 Å². The van der Waals surface area contributed by atoms with Crippen molar-refractivity contribution in [2.45, 2.75) is 38.3 Å². The molecule has 0 spiro atoms. The minimum Gasteiger partial charge on any atom is -0.378 e. The standard InChI is InChI=1S/C23H29ClN4O2/c1-2-11-28-21-8-7-18(25-10-9-17-5-3-4-6-20(17)24)16-19(21)22(26-28)23(29)27-12-14-30-15-13-27/h2-6,18,25H,1,7-16H2/t18-/m1/s1. The first-order valence-electron chi connectivity index (χ1n) is 10.7. The molecule has 4 rings (SSSR count). The normalized spacial score (nSPS) is 18.8. The van der Waals surface area contributed by atoms with Crippen molar-refractivity contribution in [1.29, 1.82) is 0 Å². The van der Waals surface area contributed by atoms with E-state index in [1.807, 2.05) is 33.9 Å². The van der Waals surface area contributed by atoms with Crippen molar-refractivity contribution in [3.05, 3.63) is 64.5 Å². The molecule has 0 unspecified atom stereocenters. The summed E-state index contributed by atoms with van der Waals surface area (Å²) in [5.74, 6) is 0.0223. The Hall–Kier alpha value is -2.15. The number of allylic oxidation sites excluding steroid dienone is 1. The van der Waals surface area contributed by atoms with Gasteiger partial charge in [0.15, 0.2) is 5.69 Å². The van der Waals surface area contributed by atoms with Crippen LogP contribution in [-0.4, -0.2) is 59.5 Å². The minimum atomic E-state index is 0.0223. The fraction of sp³-hybridized carbons (Fsp3) is 0.478. The van der Waals surface area contributed by atoms with E-state index in [2.05, 4.69) is 18.0 Å². The van der Waals surface area contributed by atoms with E-state index in [1.54, 1.807) is 0 Å². The zero-order valence-electron chi connectivity index (χ0n) is 17.3. The first-order valence-corrected chi connectivity index (χ1v) is 11.1. The molecule has 0 saturated carbocycles. The molecule has 2 aliphatic rings. The van der Waals surface area contributed by atoms with Gasteiger partial charge in [0.05, 0.1) is 19.8 Å². The predicted octanol–water partition coefficient (Wildman–Crippen LogP) is 2.88. The van der Waals surface area contributed by atoms with Gasteiger partial charge in [-0.2, -0.15) is 5.10 Å². The molecule has 1 saturated heterocycles. The Kier molecular flexibility index (Phi) is 6.87.